The van der Waals surface area contributed by atoms with Crippen molar-refractivity contribution in [3.05, 3.63) is 142 Å². The van der Waals surface area contributed by atoms with Crippen LogP contribution in [-0.2, 0) is 40.7 Å². The van der Waals surface area contributed by atoms with E-state index in [9.17, 15) is 40.3 Å². The van der Waals surface area contributed by atoms with E-state index in [4.69, 9.17) is 0 Å². The van der Waals surface area contributed by atoms with Crippen LogP contribution in [0.2, 0.25) is 0 Å². The van der Waals surface area contributed by atoms with Crippen molar-refractivity contribution in [3.8, 4) is 0 Å². The minimum Gasteiger partial charge on any atom is -0.344 e. The van der Waals surface area contributed by atoms with E-state index in [1.54, 1.807) is 13.8 Å². The molecule has 1 aliphatic carbocycles. The number of allylic oxidation sites excluding steroid dienone is 9. The van der Waals surface area contributed by atoms with Crippen LogP contribution in [0.3, 0.4) is 0 Å². The lowest BCUT2D eigenvalue weighted by Crippen LogP contribution is -2.56. The maximum absolute atomic E-state index is 14.5. The molecule has 4 aliphatic rings. The molecule has 2 fully saturated rings. The first-order valence-electron chi connectivity index (χ1n) is 23.4. The van der Waals surface area contributed by atoms with Gasteiger partial charge in [0.05, 0.1) is 11.5 Å². The van der Waals surface area contributed by atoms with Gasteiger partial charge in [0.2, 0.25) is 0 Å². The Labute approximate surface area is 399 Å². The lowest BCUT2D eigenvalue weighted by Gasteiger charge is -2.33. The van der Waals surface area contributed by atoms with Gasteiger partial charge in [0.15, 0.2) is 0 Å². The summed E-state index contributed by atoms with van der Waals surface area (Å²) in [6.07, 6.45) is 10.5. The second-order valence-corrected chi connectivity index (χ2v) is 22.2. The third-order valence-corrected chi connectivity index (χ3v) is 15.6. The van der Waals surface area contributed by atoms with E-state index in [-0.39, 0.29) is 43.0 Å². The zero-order valence-electron chi connectivity index (χ0n) is 39.6. The summed E-state index contributed by atoms with van der Waals surface area (Å²) in [5, 5.41) is 4.35. The van der Waals surface area contributed by atoms with Crippen molar-refractivity contribution in [3.63, 3.8) is 0 Å². The van der Waals surface area contributed by atoms with Gasteiger partial charge in [-0.25, -0.2) is 4.79 Å². The lowest BCUT2D eigenvalue weighted by atomic mass is 9.81. The summed E-state index contributed by atoms with van der Waals surface area (Å²) in [5.74, 6) is -2.00. The SMILES string of the molecule is CCN1C(=O)C(=C2/C(=C/C=C3/N(CCCCS(=O)(=O)O)c4ccc5ccccc5c4C3(C)C)CC/C2=C\C=C2\N(CCCCS(=O)(=O)O)c3ccc4ccccc4c3C2(C)C)C(=O)N(CC)C1=O. The zero-order valence-corrected chi connectivity index (χ0v) is 41.2. The first-order chi connectivity index (χ1) is 32.2. The molecule has 0 bridgehead atoms. The van der Waals surface area contributed by atoms with Crippen molar-refractivity contribution in [1.82, 2.24) is 9.80 Å². The van der Waals surface area contributed by atoms with Gasteiger partial charge in [0.25, 0.3) is 32.1 Å². The average Bonchev–Trinajstić information content (AvgIpc) is 3.85. The molecule has 4 aromatic rings. The summed E-state index contributed by atoms with van der Waals surface area (Å²) in [4.78, 5) is 49.2. The minimum absolute atomic E-state index is 0.0656. The maximum atomic E-state index is 14.5. The number of urea groups is 1. The van der Waals surface area contributed by atoms with Crippen molar-refractivity contribution in [2.45, 2.75) is 90.9 Å². The van der Waals surface area contributed by atoms with Crippen molar-refractivity contribution in [2.75, 3.05) is 47.5 Å². The van der Waals surface area contributed by atoms with Crippen LogP contribution in [0.15, 0.2) is 131 Å². The molecule has 3 aliphatic heterocycles. The van der Waals surface area contributed by atoms with Gasteiger partial charge < -0.3 is 9.80 Å². The van der Waals surface area contributed by atoms with E-state index in [1.807, 2.05) is 48.6 Å². The predicted molar refractivity (Wildman–Crippen MR) is 269 cm³/mol. The van der Waals surface area contributed by atoms with E-state index in [2.05, 4.69) is 86.0 Å². The molecule has 4 aromatic carbocycles. The van der Waals surface area contributed by atoms with E-state index in [0.717, 1.165) is 76.4 Å². The number of imide groups is 2. The first-order valence-corrected chi connectivity index (χ1v) is 26.7. The molecule has 1 saturated heterocycles. The molecule has 2 N–H and O–H groups in total. The molecule has 15 heteroatoms. The number of likely N-dealkylation sites (N-methyl/N-ethyl adjacent to an activating group) is 2. The molecule has 0 unspecified atom stereocenters. The maximum Gasteiger partial charge on any atom is 0.333 e. The van der Waals surface area contributed by atoms with Crippen molar-refractivity contribution < 1.29 is 40.3 Å². The quantitative estimate of drug-likeness (QED) is 0.0533. The molecule has 3 heterocycles. The number of hydrogen-bond donors (Lipinski definition) is 2. The fourth-order valence-electron chi connectivity index (χ4n) is 10.9. The molecule has 68 heavy (non-hydrogen) atoms. The Morgan fingerprint density at radius 1 is 0.529 bits per heavy atom. The average molecular weight is 961 g/mol. The first kappa shape index (κ1) is 48.6. The highest BCUT2D eigenvalue weighted by Crippen LogP contribution is 2.53. The number of carbonyl (C=O) groups is 3. The van der Waals surface area contributed by atoms with E-state index in [1.165, 1.54) is 0 Å². The predicted octanol–water partition coefficient (Wildman–Crippen LogP) is 9.77. The smallest absolute Gasteiger partial charge is 0.333 e. The van der Waals surface area contributed by atoms with Crippen molar-refractivity contribution in [2.24, 2.45) is 0 Å². The molecule has 0 radical (unpaired) electrons. The highest BCUT2D eigenvalue weighted by Gasteiger charge is 2.46. The highest BCUT2D eigenvalue weighted by atomic mass is 32.2. The Kier molecular flexibility index (Phi) is 13.3. The number of carbonyl (C=O) groups excluding carboxylic acids is 3. The molecule has 0 atom stereocenters. The third kappa shape index (κ3) is 8.97. The number of benzene rings is 4. The van der Waals surface area contributed by atoms with Gasteiger partial charge in [-0.15, -0.1) is 0 Å². The number of hydrogen-bond acceptors (Lipinski definition) is 9. The summed E-state index contributed by atoms with van der Waals surface area (Å²) < 4.78 is 65.7. The van der Waals surface area contributed by atoms with Crippen LogP contribution in [0, 0.1) is 0 Å². The lowest BCUT2D eigenvalue weighted by molar-refractivity contribution is -0.135. The third-order valence-electron chi connectivity index (χ3n) is 14.0. The second-order valence-electron chi connectivity index (χ2n) is 19.0. The number of unbranched alkanes of at least 4 members (excludes halogenated alkanes) is 2. The van der Waals surface area contributed by atoms with Crippen LogP contribution in [0.1, 0.15) is 91.2 Å². The van der Waals surface area contributed by atoms with Crippen LogP contribution >= 0.6 is 0 Å². The number of amides is 4. The van der Waals surface area contributed by atoms with Gasteiger partial charge in [0, 0.05) is 59.8 Å². The molecule has 0 aromatic heterocycles. The number of fused-ring (bicyclic) bond motifs is 6. The van der Waals surface area contributed by atoms with Gasteiger partial charge in [-0.05, 0) is 126 Å². The Hall–Kier alpha value is -5.87. The molecule has 13 nitrogen and oxygen atoms in total. The summed E-state index contributed by atoms with van der Waals surface area (Å²) in [5.41, 5.74) is 6.96. The molecule has 4 amide bonds. The Balaban J connectivity index is 1.28. The van der Waals surface area contributed by atoms with Crippen LogP contribution < -0.4 is 9.80 Å². The van der Waals surface area contributed by atoms with Gasteiger partial charge in [0.1, 0.15) is 5.57 Å². The van der Waals surface area contributed by atoms with Crippen LogP contribution in [-0.4, -0.2) is 91.3 Å². The molecule has 1 saturated carbocycles. The number of barbiturate groups is 1. The Morgan fingerprint density at radius 3 is 1.31 bits per heavy atom. The molecule has 358 valence electrons. The normalized spacial score (nSPS) is 20.7. The fourth-order valence-corrected chi connectivity index (χ4v) is 12.0. The second kappa shape index (κ2) is 18.6. The van der Waals surface area contributed by atoms with Crippen molar-refractivity contribution >= 4 is 71.0 Å². The highest BCUT2D eigenvalue weighted by molar-refractivity contribution is 7.86. The van der Waals surface area contributed by atoms with E-state index in [0.29, 0.717) is 44.3 Å². The zero-order chi connectivity index (χ0) is 48.9. The monoisotopic (exact) mass is 960 g/mol. The van der Waals surface area contributed by atoms with Gasteiger partial charge in [-0.3, -0.25) is 28.5 Å². The van der Waals surface area contributed by atoms with E-state index < -0.39 is 48.9 Å². The van der Waals surface area contributed by atoms with E-state index >= 15 is 0 Å². The minimum atomic E-state index is -4.14. The summed E-state index contributed by atoms with van der Waals surface area (Å²) in [6, 6.07) is 24.1. The fraction of sp³-hybridized carbons (Fsp3) is 0.377. The Bertz CT molecular complexity index is 2940. The summed E-state index contributed by atoms with van der Waals surface area (Å²) in [7, 11) is -8.28. The Morgan fingerprint density at radius 2 is 0.926 bits per heavy atom. The van der Waals surface area contributed by atoms with Crippen LogP contribution in [0.25, 0.3) is 21.5 Å². The number of nitrogens with zero attached hydrogens (tertiary/aromatic N) is 4. The van der Waals surface area contributed by atoms with Gasteiger partial charge in [-0.1, -0.05) is 101 Å². The number of anilines is 2. The molecule has 8 rings (SSSR count). The van der Waals surface area contributed by atoms with Crippen LogP contribution in [0.5, 0.6) is 0 Å². The van der Waals surface area contributed by atoms with Gasteiger partial charge in [-0.2, -0.15) is 16.8 Å². The van der Waals surface area contributed by atoms with Crippen molar-refractivity contribution in [1.29, 1.82) is 0 Å². The number of rotatable bonds is 14. The topological polar surface area (TPSA) is 173 Å². The summed E-state index contributed by atoms with van der Waals surface area (Å²) >= 11 is 0. The van der Waals surface area contributed by atoms with Gasteiger partial charge >= 0.3 is 6.03 Å². The largest absolute Gasteiger partial charge is 0.344 e. The molecule has 0 spiro atoms. The van der Waals surface area contributed by atoms with Crippen LogP contribution in [0.4, 0.5) is 16.2 Å². The standard InChI is InChI=1S/C53H60N4O9S2/c1-7-54-49(58)46(50(59)55(8-2)51(54)60)45-37(25-29-43-52(3,4)47-39-19-11-9-17-35(39)23-27-41(47)56(43)31-13-15-33-67(61,62)63)21-22-38(45)26-30-44-53(5,6)48-40-20-12-10-18-36(40)24-28-42(48)57(44)32-14-16-34-68(64,65)66/h9-12,17-20,23-30H,7-8,13-16,21-22,31-34H2,1-6H3,(H,61,62,63)(H,64,65,66)/b37-25+,38-26+,43-29+,44-30+. The molecular weight excluding hydrogens is 901 g/mol. The molecular formula is C53H60N4O9S2. The summed E-state index contributed by atoms with van der Waals surface area (Å²) in [6.45, 7) is 13.1.